The van der Waals surface area contributed by atoms with Crippen molar-refractivity contribution in [2.45, 2.75) is 6.92 Å². The molecule has 4 aromatic rings. The number of carbonyl (C=O) groups excluding carboxylic acids is 1. The largest absolute Gasteiger partial charge is 0.497 e. The van der Waals surface area contributed by atoms with Gasteiger partial charge in [-0.1, -0.05) is 0 Å². The predicted octanol–water partition coefficient (Wildman–Crippen LogP) is 5.89. The third-order valence-corrected chi connectivity index (χ3v) is 4.84. The molecule has 0 aliphatic heterocycles. The van der Waals surface area contributed by atoms with Gasteiger partial charge in [-0.2, -0.15) is 4.98 Å². The van der Waals surface area contributed by atoms with Crippen molar-refractivity contribution in [3.63, 3.8) is 0 Å². The van der Waals surface area contributed by atoms with Gasteiger partial charge >= 0.3 is 0 Å². The molecule has 162 valence electrons. The average Bonchev–Trinajstić information content (AvgIpc) is 3.22. The number of nitrogens with zero attached hydrogens (tertiary/aromatic N) is 2. The van der Waals surface area contributed by atoms with Crippen molar-refractivity contribution < 1.29 is 13.9 Å². The zero-order valence-corrected chi connectivity index (χ0v) is 18.9. The standard InChI is InChI=1S/C23H20BrN5O3/c1-14-13-21(26-15-7-9-18(31-2)10-8-15)29-23(25-14)28-17-5-3-16(4-6-17)27-22(30)19-11-12-20(24)32-19/h3-13H,1-2H3,(H,27,30)(H2,25,26,28,29). The lowest BCUT2D eigenvalue weighted by Crippen LogP contribution is -2.10. The van der Waals surface area contributed by atoms with Gasteiger partial charge in [0.2, 0.25) is 5.95 Å². The van der Waals surface area contributed by atoms with Gasteiger partial charge in [0.1, 0.15) is 11.6 Å². The number of halogens is 1. The van der Waals surface area contributed by atoms with Crippen LogP contribution in [0.3, 0.4) is 0 Å². The summed E-state index contributed by atoms with van der Waals surface area (Å²) in [6.45, 7) is 1.90. The molecule has 2 aromatic carbocycles. The number of aromatic nitrogens is 2. The number of carbonyl (C=O) groups is 1. The highest BCUT2D eigenvalue weighted by atomic mass is 79.9. The fourth-order valence-electron chi connectivity index (χ4n) is 2.91. The van der Waals surface area contributed by atoms with E-state index < -0.39 is 0 Å². The second kappa shape index (κ2) is 9.52. The van der Waals surface area contributed by atoms with E-state index in [2.05, 4.69) is 41.8 Å². The topological polar surface area (TPSA) is 101 Å². The molecule has 2 heterocycles. The number of benzene rings is 2. The van der Waals surface area contributed by atoms with Gasteiger partial charge in [0.25, 0.3) is 5.91 Å². The Morgan fingerprint density at radius 3 is 2.22 bits per heavy atom. The molecule has 0 atom stereocenters. The minimum Gasteiger partial charge on any atom is -0.497 e. The number of aryl methyl sites for hydroxylation is 1. The van der Waals surface area contributed by atoms with Gasteiger partial charge in [0.15, 0.2) is 10.4 Å². The Bertz CT molecular complexity index is 1220. The number of ether oxygens (including phenoxy) is 1. The first-order valence-corrected chi connectivity index (χ1v) is 10.5. The van der Waals surface area contributed by atoms with E-state index in [-0.39, 0.29) is 11.7 Å². The van der Waals surface area contributed by atoms with E-state index in [1.165, 1.54) is 0 Å². The monoisotopic (exact) mass is 493 g/mol. The maximum absolute atomic E-state index is 12.2. The summed E-state index contributed by atoms with van der Waals surface area (Å²) in [5.74, 6) is 1.81. The molecule has 0 aliphatic carbocycles. The molecule has 0 spiro atoms. The third kappa shape index (κ3) is 5.44. The van der Waals surface area contributed by atoms with Crippen molar-refractivity contribution in [3.05, 3.63) is 82.9 Å². The number of amides is 1. The van der Waals surface area contributed by atoms with Crippen molar-refractivity contribution in [1.82, 2.24) is 9.97 Å². The number of furan rings is 1. The van der Waals surface area contributed by atoms with E-state index in [1.807, 2.05) is 49.4 Å². The van der Waals surface area contributed by atoms with E-state index in [0.29, 0.717) is 22.1 Å². The lowest BCUT2D eigenvalue weighted by Gasteiger charge is -2.11. The normalized spacial score (nSPS) is 10.5. The first-order valence-electron chi connectivity index (χ1n) is 9.69. The molecule has 0 saturated heterocycles. The van der Waals surface area contributed by atoms with Crippen LogP contribution in [0.4, 0.5) is 28.8 Å². The highest BCUT2D eigenvalue weighted by molar-refractivity contribution is 9.10. The second-order valence-electron chi connectivity index (χ2n) is 6.83. The van der Waals surface area contributed by atoms with Gasteiger partial charge in [-0.25, -0.2) is 4.98 Å². The Kier molecular flexibility index (Phi) is 6.37. The lowest BCUT2D eigenvalue weighted by molar-refractivity contribution is 0.0995. The van der Waals surface area contributed by atoms with Gasteiger partial charge in [-0.15, -0.1) is 0 Å². The fraction of sp³-hybridized carbons (Fsp3) is 0.0870. The zero-order chi connectivity index (χ0) is 22.5. The first kappa shape index (κ1) is 21.4. The van der Waals surface area contributed by atoms with Crippen LogP contribution in [0.5, 0.6) is 5.75 Å². The molecule has 0 saturated carbocycles. The van der Waals surface area contributed by atoms with Crippen molar-refractivity contribution >= 4 is 50.7 Å². The van der Waals surface area contributed by atoms with Gasteiger partial charge in [0, 0.05) is 28.8 Å². The average molecular weight is 494 g/mol. The van der Waals surface area contributed by atoms with Crippen LogP contribution >= 0.6 is 15.9 Å². The molecule has 3 N–H and O–H groups in total. The Morgan fingerprint density at radius 1 is 0.906 bits per heavy atom. The van der Waals surface area contributed by atoms with Crippen LogP contribution in [0.15, 0.2) is 75.8 Å². The van der Waals surface area contributed by atoms with E-state index in [4.69, 9.17) is 9.15 Å². The summed E-state index contributed by atoms with van der Waals surface area (Å²) < 4.78 is 10.9. The molecule has 0 bridgehead atoms. The molecule has 9 heteroatoms. The molecular formula is C23H20BrN5O3. The number of rotatable bonds is 7. The maximum atomic E-state index is 12.2. The van der Waals surface area contributed by atoms with Crippen LogP contribution in [0.2, 0.25) is 0 Å². The predicted molar refractivity (Wildman–Crippen MR) is 127 cm³/mol. The lowest BCUT2D eigenvalue weighted by atomic mass is 10.2. The summed E-state index contributed by atoms with van der Waals surface area (Å²) in [6.07, 6.45) is 0. The van der Waals surface area contributed by atoms with Gasteiger partial charge < -0.3 is 25.1 Å². The number of nitrogens with one attached hydrogen (secondary N) is 3. The molecule has 0 aliphatic rings. The van der Waals surface area contributed by atoms with E-state index >= 15 is 0 Å². The Hall–Kier alpha value is -3.85. The summed E-state index contributed by atoms with van der Waals surface area (Å²) in [7, 11) is 1.63. The van der Waals surface area contributed by atoms with Crippen LogP contribution < -0.4 is 20.7 Å². The third-order valence-electron chi connectivity index (χ3n) is 4.41. The smallest absolute Gasteiger partial charge is 0.291 e. The molecule has 4 rings (SSSR count). The SMILES string of the molecule is COc1ccc(Nc2cc(C)nc(Nc3ccc(NC(=O)c4ccc(Br)o4)cc3)n2)cc1. The molecule has 0 fully saturated rings. The number of hydrogen-bond acceptors (Lipinski definition) is 7. The minimum absolute atomic E-state index is 0.226. The number of anilines is 5. The molecule has 0 unspecified atom stereocenters. The summed E-state index contributed by atoms with van der Waals surface area (Å²) in [6, 6.07) is 19.9. The van der Waals surface area contributed by atoms with Crippen LogP contribution in [0.1, 0.15) is 16.2 Å². The summed E-state index contributed by atoms with van der Waals surface area (Å²) in [5, 5.41) is 9.23. The van der Waals surface area contributed by atoms with Crippen molar-refractivity contribution in [3.8, 4) is 5.75 Å². The molecule has 1 amide bonds. The Labute approximate surface area is 193 Å². The van der Waals surface area contributed by atoms with Crippen molar-refractivity contribution in [2.24, 2.45) is 0 Å². The first-order chi connectivity index (χ1) is 15.5. The highest BCUT2D eigenvalue weighted by Crippen LogP contribution is 2.22. The maximum Gasteiger partial charge on any atom is 0.291 e. The van der Waals surface area contributed by atoms with E-state index in [9.17, 15) is 4.79 Å². The van der Waals surface area contributed by atoms with Crippen LogP contribution in [-0.2, 0) is 0 Å². The summed E-state index contributed by atoms with van der Waals surface area (Å²) in [5.41, 5.74) is 3.12. The van der Waals surface area contributed by atoms with E-state index in [1.54, 1.807) is 31.4 Å². The van der Waals surface area contributed by atoms with Crippen LogP contribution in [0.25, 0.3) is 0 Å². The minimum atomic E-state index is -0.326. The molecular weight excluding hydrogens is 474 g/mol. The van der Waals surface area contributed by atoms with Crippen molar-refractivity contribution in [1.29, 1.82) is 0 Å². The number of hydrogen-bond donors (Lipinski definition) is 3. The quantitative estimate of drug-likeness (QED) is 0.295. The molecule has 2 aromatic heterocycles. The fourth-order valence-corrected chi connectivity index (χ4v) is 3.21. The summed E-state index contributed by atoms with van der Waals surface area (Å²) in [4.78, 5) is 21.2. The zero-order valence-electron chi connectivity index (χ0n) is 17.3. The summed E-state index contributed by atoms with van der Waals surface area (Å²) >= 11 is 3.18. The van der Waals surface area contributed by atoms with Crippen molar-refractivity contribution in [2.75, 3.05) is 23.1 Å². The van der Waals surface area contributed by atoms with E-state index in [0.717, 1.165) is 22.8 Å². The Balaban J connectivity index is 1.42. The van der Waals surface area contributed by atoms with Gasteiger partial charge in [-0.05, 0) is 83.5 Å². The molecule has 32 heavy (non-hydrogen) atoms. The highest BCUT2D eigenvalue weighted by Gasteiger charge is 2.11. The van der Waals surface area contributed by atoms with Gasteiger partial charge in [-0.3, -0.25) is 4.79 Å². The molecule has 8 nitrogen and oxygen atoms in total. The Morgan fingerprint density at radius 2 is 1.56 bits per heavy atom. The molecule has 0 radical (unpaired) electrons. The van der Waals surface area contributed by atoms with Crippen LogP contribution in [0, 0.1) is 6.92 Å². The second-order valence-corrected chi connectivity index (χ2v) is 7.61. The van der Waals surface area contributed by atoms with Crippen LogP contribution in [-0.4, -0.2) is 23.0 Å². The van der Waals surface area contributed by atoms with Gasteiger partial charge in [0.05, 0.1) is 7.11 Å². The number of methoxy groups -OCH3 is 1.